The van der Waals surface area contributed by atoms with Crippen molar-refractivity contribution in [2.45, 2.75) is 18.9 Å². The molecule has 1 aliphatic rings. The highest BCUT2D eigenvalue weighted by molar-refractivity contribution is 9.10. The number of rotatable bonds is 5. The van der Waals surface area contributed by atoms with Crippen LogP contribution in [0.5, 0.6) is 0 Å². The number of hydrogen-bond donors (Lipinski definition) is 2. The van der Waals surface area contributed by atoms with Gasteiger partial charge in [-0.3, -0.25) is 9.59 Å². The number of fused-ring (bicyclic) bond motifs is 1. The number of carbonyl (C=O) groups excluding carboxylic acids is 2. The fraction of sp³-hybridized carbons (Fsp3) is 0.150. The van der Waals surface area contributed by atoms with Crippen molar-refractivity contribution in [2.75, 3.05) is 5.32 Å². The van der Waals surface area contributed by atoms with E-state index < -0.39 is 5.91 Å². The summed E-state index contributed by atoms with van der Waals surface area (Å²) in [6.45, 7) is 0. The fourth-order valence-corrected chi connectivity index (χ4v) is 3.76. The van der Waals surface area contributed by atoms with Crippen molar-refractivity contribution in [1.82, 2.24) is 29.7 Å². The standard InChI is InChI=1S/C20H15BrClN7O2/c21-16-10-15(29(27-16)18-13(22)2-1-8-23-18)19(30)26-14-6-5-12-7-9-24-28(12)17(14)20(31)25-11-3-4-11/h1-2,5-11H,3-4H2,(H,25,31)(H,26,30). The van der Waals surface area contributed by atoms with Crippen LogP contribution in [-0.4, -0.2) is 42.2 Å². The molecule has 4 heterocycles. The van der Waals surface area contributed by atoms with Crippen molar-refractivity contribution in [3.05, 3.63) is 69.8 Å². The van der Waals surface area contributed by atoms with Crippen LogP contribution < -0.4 is 10.6 Å². The van der Waals surface area contributed by atoms with Crippen LogP contribution in [-0.2, 0) is 0 Å². The number of aromatic nitrogens is 5. The Morgan fingerprint density at radius 2 is 1.97 bits per heavy atom. The van der Waals surface area contributed by atoms with Gasteiger partial charge in [-0.15, -0.1) is 0 Å². The van der Waals surface area contributed by atoms with Crippen molar-refractivity contribution in [1.29, 1.82) is 0 Å². The van der Waals surface area contributed by atoms with Crippen LogP contribution in [0.25, 0.3) is 11.3 Å². The molecule has 2 amide bonds. The molecule has 5 rings (SSSR count). The van der Waals surface area contributed by atoms with Crippen LogP contribution in [0.3, 0.4) is 0 Å². The number of nitrogens with zero attached hydrogens (tertiary/aromatic N) is 5. The van der Waals surface area contributed by atoms with Crippen LogP contribution in [0.15, 0.2) is 53.4 Å². The summed E-state index contributed by atoms with van der Waals surface area (Å²) in [6, 6.07) is 10.3. The highest BCUT2D eigenvalue weighted by Crippen LogP contribution is 2.25. The van der Waals surface area contributed by atoms with Gasteiger partial charge in [-0.25, -0.2) is 14.2 Å². The number of nitrogens with one attached hydrogen (secondary N) is 2. The maximum Gasteiger partial charge on any atom is 0.274 e. The zero-order valence-corrected chi connectivity index (χ0v) is 18.3. The SMILES string of the molecule is O=C(Nc1ccc2ccnn2c1C(=O)NC1CC1)c1cc(Br)nn1-c1ncccc1Cl. The van der Waals surface area contributed by atoms with Gasteiger partial charge in [-0.2, -0.15) is 10.2 Å². The van der Waals surface area contributed by atoms with E-state index in [2.05, 4.69) is 41.7 Å². The molecule has 0 atom stereocenters. The Labute approximate surface area is 189 Å². The molecule has 1 saturated carbocycles. The molecule has 0 aliphatic heterocycles. The second-order valence-corrected chi connectivity index (χ2v) is 8.26. The van der Waals surface area contributed by atoms with Gasteiger partial charge in [0.05, 0.1) is 22.4 Å². The van der Waals surface area contributed by atoms with E-state index in [4.69, 9.17) is 11.6 Å². The highest BCUT2D eigenvalue weighted by atomic mass is 79.9. The first-order chi connectivity index (χ1) is 15.0. The number of halogens is 2. The third-order valence-corrected chi connectivity index (χ3v) is 5.47. The predicted octanol–water partition coefficient (Wildman–Crippen LogP) is 3.48. The lowest BCUT2D eigenvalue weighted by atomic mass is 10.2. The van der Waals surface area contributed by atoms with Crippen molar-refractivity contribution < 1.29 is 9.59 Å². The van der Waals surface area contributed by atoms with Gasteiger partial charge >= 0.3 is 0 Å². The minimum absolute atomic E-state index is 0.158. The van der Waals surface area contributed by atoms with Crippen LogP contribution >= 0.6 is 27.5 Å². The minimum Gasteiger partial charge on any atom is -0.348 e. The fourth-order valence-electron chi connectivity index (χ4n) is 3.18. The van der Waals surface area contributed by atoms with Crippen molar-refractivity contribution in [3.63, 3.8) is 0 Å². The molecule has 0 unspecified atom stereocenters. The van der Waals surface area contributed by atoms with Gasteiger partial charge in [-0.1, -0.05) is 11.6 Å². The van der Waals surface area contributed by atoms with E-state index in [0.717, 1.165) is 18.4 Å². The molecule has 31 heavy (non-hydrogen) atoms. The molecule has 4 aromatic rings. The summed E-state index contributed by atoms with van der Waals surface area (Å²) in [5.74, 6) is -0.462. The highest BCUT2D eigenvalue weighted by Gasteiger charge is 2.27. The summed E-state index contributed by atoms with van der Waals surface area (Å²) >= 11 is 9.54. The zero-order valence-electron chi connectivity index (χ0n) is 15.9. The summed E-state index contributed by atoms with van der Waals surface area (Å²) in [6.07, 6.45) is 5.05. The third kappa shape index (κ3) is 3.79. The lowest BCUT2D eigenvalue weighted by Gasteiger charge is -2.13. The van der Waals surface area contributed by atoms with Gasteiger partial charge in [-0.05, 0) is 59.1 Å². The predicted molar refractivity (Wildman–Crippen MR) is 118 cm³/mol. The Hall–Kier alpha value is -3.24. The smallest absolute Gasteiger partial charge is 0.274 e. The van der Waals surface area contributed by atoms with Crippen LogP contribution in [0.4, 0.5) is 5.69 Å². The van der Waals surface area contributed by atoms with E-state index in [1.54, 1.807) is 48.8 Å². The van der Waals surface area contributed by atoms with Gasteiger partial charge in [0.15, 0.2) is 11.5 Å². The minimum atomic E-state index is -0.480. The van der Waals surface area contributed by atoms with Crippen molar-refractivity contribution in [2.24, 2.45) is 0 Å². The zero-order chi connectivity index (χ0) is 21.5. The van der Waals surface area contributed by atoms with E-state index in [-0.39, 0.29) is 23.3 Å². The molecule has 0 aromatic carbocycles. The summed E-state index contributed by atoms with van der Waals surface area (Å²) in [5, 5.41) is 14.6. The normalized spacial score (nSPS) is 13.4. The molecule has 156 valence electrons. The van der Waals surface area contributed by atoms with Gasteiger partial charge in [0, 0.05) is 18.3 Å². The molecule has 1 aliphatic carbocycles. The molecular weight excluding hydrogens is 486 g/mol. The molecule has 0 spiro atoms. The van der Waals surface area contributed by atoms with Gasteiger partial charge in [0.25, 0.3) is 11.8 Å². The molecule has 1 fully saturated rings. The number of pyridine rings is 2. The third-order valence-electron chi connectivity index (χ3n) is 4.79. The van der Waals surface area contributed by atoms with Gasteiger partial charge in [0.2, 0.25) is 0 Å². The largest absolute Gasteiger partial charge is 0.348 e. The van der Waals surface area contributed by atoms with Crippen LogP contribution in [0.2, 0.25) is 5.02 Å². The van der Waals surface area contributed by atoms with E-state index in [0.29, 0.717) is 21.1 Å². The second-order valence-electron chi connectivity index (χ2n) is 7.04. The van der Waals surface area contributed by atoms with Crippen molar-refractivity contribution in [3.8, 4) is 5.82 Å². The Balaban J connectivity index is 1.53. The number of carbonyl (C=O) groups is 2. The first kappa shape index (κ1) is 19.7. The first-order valence-corrected chi connectivity index (χ1v) is 10.6. The quantitative estimate of drug-likeness (QED) is 0.436. The van der Waals surface area contributed by atoms with E-state index in [1.807, 2.05) is 0 Å². The number of hydrogen-bond acceptors (Lipinski definition) is 5. The van der Waals surface area contributed by atoms with Crippen molar-refractivity contribution >= 4 is 50.5 Å². The maximum absolute atomic E-state index is 13.2. The average Bonchev–Trinajstić information content (AvgIpc) is 3.28. The van der Waals surface area contributed by atoms with Gasteiger partial charge < -0.3 is 10.6 Å². The maximum atomic E-state index is 13.2. The molecular formula is C20H15BrClN7O2. The molecule has 4 aromatic heterocycles. The van der Waals surface area contributed by atoms with Gasteiger partial charge in [0.1, 0.15) is 10.3 Å². The lowest BCUT2D eigenvalue weighted by molar-refractivity contribution is 0.0944. The van der Waals surface area contributed by atoms with E-state index in [9.17, 15) is 9.59 Å². The Morgan fingerprint density at radius 3 is 2.74 bits per heavy atom. The summed E-state index contributed by atoms with van der Waals surface area (Å²) in [5.41, 5.74) is 1.52. The summed E-state index contributed by atoms with van der Waals surface area (Å²) in [4.78, 5) is 30.3. The molecule has 0 radical (unpaired) electrons. The molecule has 2 N–H and O–H groups in total. The monoisotopic (exact) mass is 499 g/mol. The van der Waals surface area contributed by atoms with Crippen LogP contribution in [0.1, 0.15) is 33.8 Å². The first-order valence-electron chi connectivity index (χ1n) is 9.46. The number of amides is 2. The molecule has 0 saturated heterocycles. The van der Waals surface area contributed by atoms with E-state index >= 15 is 0 Å². The van der Waals surface area contributed by atoms with E-state index in [1.165, 1.54) is 9.20 Å². The number of anilines is 1. The Morgan fingerprint density at radius 1 is 1.13 bits per heavy atom. The lowest BCUT2D eigenvalue weighted by Crippen LogP contribution is -2.29. The topological polar surface area (TPSA) is 106 Å². The molecule has 9 nitrogen and oxygen atoms in total. The second kappa shape index (κ2) is 7.78. The average molecular weight is 501 g/mol. The Kier molecular flexibility index (Phi) is 4.95. The Bertz CT molecular complexity index is 1330. The molecule has 0 bridgehead atoms. The molecule has 11 heteroatoms. The summed E-state index contributed by atoms with van der Waals surface area (Å²) in [7, 11) is 0. The van der Waals surface area contributed by atoms with Crippen LogP contribution in [0, 0.1) is 0 Å². The summed E-state index contributed by atoms with van der Waals surface area (Å²) < 4.78 is 3.29.